The van der Waals surface area contributed by atoms with Gasteiger partial charge in [0.15, 0.2) is 0 Å². The second-order valence-corrected chi connectivity index (χ2v) is 40.0. The van der Waals surface area contributed by atoms with Crippen LogP contribution in [0.25, 0.3) is 0 Å². The number of hydroxylamine groups is 1. The zero-order valence-corrected chi connectivity index (χ0v) is 79.4. The lowest BCUT2D eigenvalue weighted by atomic mass is 10.0. The first-order valence-electron chi connectivity index (χ1n) is 45.6. The smallest absolute Gasteiger partial charge is 0.276 e. The van der Waals surface area contributed by atoms with Gasteiger partial charge in [0.05, 0.1) is 22.3 Å². The fraction of sp³-hybridized carbons (Fsp3) is 0.625. The third-order valence-electron chi connectivity index (χ3n) is 24.6. The molecule has 0 saturated carbocycles. The molecule has 12 bridgehead atoms. The van der Waals surface area contributed by atoms with Crippen LogP contribution in [0.3, 0.4) is 0 Å². The van der Waals surface area contributed by atoms with Gasteiger partial charge < -0.3 is 71.9 Å². The number of rotatable bonds is 12. The molecule has 0 unspecified atom stereocenters. The number of hydrogen-bond acceptors (Lipinski definition) is 25. The van der Waals surface area contributed by atoms with Gasteiger partial charge in [-0.1, -0.05) is 69.7 Å². The largest absolute Gasteiger partial charge is 0.366 e. The van der Waals surface area contributed by atoms with Crippen molar-refractivity contribution in [1.82, 2.24) is 92.6 Å². The van der Waals surface area contributed by atoms with E-state index < -0.39 is 5.91 Å². The van der Waals surface area contributed by atoms with Crippen LogP contribution in [0, 0.1) is 17.8 Å². The number of anilines is 6. The average molecular weight is 1750 g/mol. The number of aromatic nitrogens is 6. The van der Waals surface area contributed by atoms with Crippen molar-refractivity contribution in [1.29, 1.82) is 0 Å². The summed E-state index contributed by atoms with van der Waals surface area (Å²) in [6.45, 7) is 52.5. The number of piperazine rings is 6. The van der Waals surface area contributed by atoms with Gasteiger partial charge in [-0.15, -0.1) is 0 Å². The molecule has 6 amide bonds. The molecule has 10 N–H and O–H groups in total. The van der Waals surface area contributed by atoms with Gasteiger partial charge in [0.2, 0.25) is 11.9 Å². The topological polar surface area (TPSA) is 337 Å². The highest BCUT2D eigenvalue weighted by Gasteiger charge is 2.51. The zero-order valence-electron chi connectivity index (χ0n) is 79.4. The number of benzene rings is 2. The standard InChI is InChI=1S/C17H25N3O.C15H23N5O.C15H22N4O2.C13H17N3O.C12H16N4O.C11H15N5O.3C4H10.CH4/c1-17(2,3)20-11-14-9-15(20)10-19(14)13-7-5-12(6-8-13)16(21)18-4;1-15(2,3)20-9-11-5-12(20)8-19(11)14-17-6-10(7-18-14)13(21)16-4;1-15(2,3)19-9-11-6-12(19)8-18(11)13-5-4-10(7-16-13)14(20)17-21;1-14-13(17)9-2-4-11(5-3-9)16-8-10-6-12(16)7-15-10;1-13-12(17)8-2-3-11(15-5-8)16-7-9-4-10(16)6-14-9;1-12-10(17)7-3-14-11(15-4-7)16-6-8-2-9(16)5-13-8;3*1-4(2)3;/h5-8,14-15H,9-11H2,1-4H3,(H,18,21);6-7,11-12H,5,8-9H2,1-4H3,(H,16,21);4-5,7,11-12,21H,6,8-9H2,1-3H3,(H,17,20);2-5,10,12,15H,6-8H2,1H3,(H,14,17);2-3,5,9-10,14H,4,6-7H2,1H3,(H,13,17);3-4,8-9,13H,2,5-6H2,1H3,(H,12,17);3*4H,1-3H3;1H4/t14-,15-;2*11-,12-;10-,12-;9-,10-;8-,9-;;;;/m000111..../s1. The molecule has 31 nitrogen and oxygen atoms in total. The number of carbonyl (C=O) groups is 6. The first-order chi connectivity index (χ1) is 59.7. The maximum atomic E-state index is 11.6. The Morgan fingerprint density at radius 3 is 0.835 bits per heavy atom. The van der Waals surface area contributed by atoms with Crippen LogP contribution in [0.2, 0.25) is 0 Å². The van der Waals surface area contributed by atoms with E-state index in [2.05, 4.69) is 253 Å². The van der Waals surface area contributed by atoms with Crippen LogP contribution in [0.15, 0.2) is 110 Å². The van der Waals surface area contributed by atoms with Crippen molar-refractivity contribution in [2.24, 2.45) is 17.8 Å². The molecule has 12 aliphatic heterocycles. The molecule has 0 radical (unpaired) electrons. The first-order valence-corrected chi connectivity index (χ1v) is 45.6. The Bertz CT molecular complexity index is 4030. The third kappa shape index (κ3) is 26.5. The van der Waals surface area contributed by atoms with Crippen LogP contribution < -0.4 is 77.4 Å². The Kier molecular flexibility index (Phi) is 35.8. The summed E-state index contributed by atoms with van der Waals surface area (Å²) in [6, 6.07) is 30.2. The Labute approximate surface area is 757 Å². The molecule has 0 aliphatic carbocycles. The summed E-state index contributed by atoms with van der Waals surface area (Å²) < 4.78 is 0. The minimum atomic E-state index is -0.532. The van der Waals surface area contributed by atoms with Gasteiger partial charge >= 0.3 is 0 Å². The van der Waals surface area contributed by atoms with Gasteiger partial charge in [-0.05, 0) is 191 Å². The summed E-state index contributed by atoms with van der Waals surface area (Å²) in [5.74, 6) is 4.88. The van der Waals surface area contributed by atoms with Crippen LogP contribution in [0.5, 0.6) is 0 Å². The van der Waals surface area contributed by atoms with Crippen LogP contribution in [-0.2, 0) is 0 Å². The molecule has 12 fully saturated rings. The van der Waals surface area contributed by atoms with Gasteiger partial charge in [-0.2, -0.15) is 0 Å². The van der Waals surface area contributed by atoms with E-state index in [0.717, 1.165) is 131 Å². The number of fused-ring (bicyclic) bond motifs is 12. The van der Waals surface area contributed by atoms with Crippen molar-refractivity contribution in [2.75, 3.05) is 143 Å². The Morgan fingerprint density at radius 2 is 0.567 bits per heavy atom. The summed E-state index contributed by atoms with van der Waals surface area (Å²) >= 11 is 0. The minimum Gasteiger partial charge on any atom is -0.366 e. The second-order valence-electron chi connectivity index (χ2n) is 40.0. The SMILES string of the molecule is C.CC(C)(C)N1C[C@@H]2C[C@H]1CN2c1ccc(C(=O)NO)cn1.CC(C)C.CC(C)C.CC(C)C.CNC(=O)c1ccc(N2C[C@@H]3C[C@H]2CN3C(C)(C)C)cc1.CNC(=O)c1ccc(N2C[C@H]3C[C@@H]2CN3)cc1.CNC(=O)c1ccc(N2C[C@H]3C[C@@H]2CN3)nc1.CNC(=O)c1cnc(N2C[C@@H]3C[C@H]2CN3C(C)(C)C)nc1.CNC(=O)c1cnc(N2C[C@H]3C[C@@H]2CN3)nc1. The van der Waals surface area contributed by atoms with Crippen molar-refractivity contribution in [3.05, 3.63) is 143 Å². The van der Waals surface area contributed by atoms with E-state index in [4.69, 9.17) is 5.21 Å². The fourth-order valence-corrected chi connectivity index (χ4v) is 18.8. The van der Waals surface area contributed by atoms with E-state index in [1.807, 2.05) is 54.6 Å². The minimum absolute atomic E-state index is 0. The maximum absolute atomic E-state index is 11.6. The third-order valence-corrected chi connectivity index (χ3v) is 24.6. The van der Waals surface area contributed by atoms with Crippen LogP contribution in [0.1, 0.15) is 233 Å². The number of likely N-dealkylation sites (tertiary alicyclic amines) is 3. The highest BCUT2D eigenvalue weighted by Crippen LogP contribution is 2.41. The number of nitrogens with one attached hydrogen (secondary N) is 9. The molecule has 4 aromatic heterocycles. The lowest BCUT2D eigenvalue weighted by Crippen LogP contribution is -2.53. The highest BCUT2D eigenvalue weighted by molar-refractivity contribution is 5.96. The molecule has 31 heteroatoms. The summed E-state index contributed by atoms with van der Waals surface area (Å²) in [7, 11) is 8.15. The number of nitrogens with zero attached hydrogens (tertiary/aromatic N) is 15. The molecule has 698 valence electrons. The van der Waals surface area contributed by atoms with Crippen LogP contribution in [-0.4, -0.2) is 288 Å². The average Bonchev–Trinajstić information content (AvgIpc) is 1.62. The predicted octanol–water partition coefficient (Wildman–Crippen LogP) is 9.87. The quantitative estimate of drug-likeness (QED) is 0.0402. The molecule has 12 aliphatic rings. The van der Waals surface area contributed by atoms with Crippen molar-refractivity contribution in [2.45, 2.75) is 260 Å². The Morgan fingerprint density at radius 1 is 0.315 bits per heavy atom. The Hall–Kier alpha value is -9.76. The van der Waals surface area contributed by atoms with Crippen molar-refractivity contribution >= 4 is 70.4 Å². The molecule has 18 rings (SSSR count). The van der Waals surface area contributed by atoms with Gasteiger partial charge in [0, 0.05) is 263 Å². The Balaban J connectivity index is 0.000000168. The molecule has 16 heterocycles. The normalized spacial score (nSPS) is 24.0. The molecular weight excluding hydrogens is 1600 g/mol. The van der Waals surface area contributed by atoms with E-state index in [0.29, 0.717) is 94.8 Å². The lowest BCUT2D eigenvalue weighted by molar-refractivity contribution is 0.0705. The summed E-state index contributed by atoms with van der Waals surface area (Å²) in [5, 5.41) is 32.0. The second kappa shape index (κ2) is 45.0. The van der Waals surface area contributed by atoms with Crippen molar-refractivity contribution < 1.29 is 34.0 Å². The molecule has 12 atom stereocenters. The zero-order chi connectivity index (χ0) is 91.8. The molecule has 12 saturated heterocycles. The molecule has 0 spiro atoms. The van der Waals surface area contributed by atoms with E-state index in [1.54, 1.807) is 77.8 Å². The molecule has 2 aromatic carbocycles. The van der Waals surface area contributed by atoms with Gasteiger partial charge in [0.1, 0.15) is 11.6 Å². The van der Waals surface area contributed by atoms with E-state index in [9.17, 15) is 28.8 Å². The summed E-state index contributed by atoms with van der Waals surface area (Å²) in [6.07, 6.45) is 16.8. The van der Waals surface area contributed by atoms with Crippen molar-refractivity contribution in [3.8, 4) is 0 Å². The first kappa shape index (κ1) is 101. The van der Waals surface area contributed by atoms with Gasteiger partial charge in [-0.3, -0.25) is 48.7 Å². The number of carbonyl (C=O) groups excluding carboxylic acids is 6. The number of amides is 6. The van der Waals surface area contributed by atoms with E-state index in [1.165, 1.54) is 56.1 Å². The van der Waals surface area contributed by atoms with Crippen LogP contribution in [0.4, 0.5) is 34.9 Å². The molecular formula is C96H152N24O7. The van der Waals surface area contributed by atoms with Crippen molar-refractivity contribution in [3.63, 3.8) is 0 Å². The lowest BCUT2D eigenvalue weighted by Gasteiger charge is -2.42. The van der Waals surface area contributed by atoms with E-state index in [-0.39, 0.29) is 53.6 Å². The summed E-state index contributed by atoms with van der Waals surface area (Å²) in [5.41, 5.74) is 8.19. The number of pyridine rings is 2. The maximum Gasteiger partial charge on any atom is 0.276 e. The van der Waals surface area contributed by atoms with Gasteiger partial charge in [0.25, 0.3) is 35.4 Å². The molecule has 6 aromatic rings. The van der Waals surface area contributed by atoms with Crippen LogP contribution >= 0.6 is 0 Å². The summed E-state index contributed by atoms with van der Waals surface area (Å²) in [4.78, 5) is 117. The highest BCUT2D eigenvalue weighted by atomic mass is 16.5. The predicted molar refractivity (Wildman–Crippen MR) is 511 cm³/mol. The van der Waals surface area contributed by atoms with Gasteiger partial charge in [-0.25, -0.2) is 35.4 Å². The van der Waals surface area contributed by atoms with E-state index >= 15 is 0 Å². The fourth-order valence-electron chi connectivity index (χ4n) is 18.8. The number of hydrogen-bond donors (Lipinski definition) is 10. The molecule has 127 heavy (non-hydrogen) atoms. The monoisotopic (exact) mass is 1750 g/mol.